The van der Waals surface area contributed by atoms with Crippen molar-refractivity contribution < 1.29 is 18.0 Å². The van der Waals surface area contributed by atoms with Crippen LogP contribution in [0.3, 0.4) is 0 Å². The highest BCUT2D eigenvalue weighted by Gasteiger charge is 2.22. The molecule has 1 aliphatic heterocycles. The van der Waals surface area contributed by atoms with Crippen LogP contribution >= 0.6 is 0 Å². The van der Waals surface area contributed by atoms with Gasteiger partial charge in [0.25, 0.3) is 0 Å². The minimum Gasteiger partial charge on any atom is -0.343 e. The number of benzene rings is 1. The van der Waals surface area contributed by atoms with Gasteiger partial charge in [-0.2, -0.15) is 0 Å². The van der Waals surface area contributed by atoms with E-state index < -0.39 is 10.0 Å². The highest BCUT2D eigenvalue weighted by molar-refractivity contribution is 7.92. The molecule has 23 heavy (non-hydrogen) atoms. The van der Waals surface area contributed by atoms with E-state index in [1.165, 1.54) is 11.2 Å². The zero-order chi connectivity index (χ0) is 17.0. The highest BCUT2D eigenvalue weighted by atomic mass is 32.2. The summed E-state index contributed by atoms with van der Waals surface area (Å²) in [7, 11) is -3.49. The van der Waals surface area contributed by atoms with Gasteiger partial charge in [0, 0.05) is 31.6 Å². The maximum atomic E-state index is 12.1. The Balaban J connectivity index is 2.11. The van der Waals surface area contributed by atoms with Crippen molar-refractivity contribution in [1.29, 1.82) is 0 Å². The standard InChI is InChI=1S/C16H22N2O4S/c1-13(19)14-5-7-15(8-6-14)18(23(2,21)22)12-9-16(20)17-10-3-4-11-17/h5-8H,3-4,9-12H2,1-2H3. The Labute approximate surface area is 137 Å². The van der Waals surface area contributed by atoms with Crippen LogP contribution in [0.25, 0.3) is 0 Å². The first-order chi connectivity index (χ1) is 10.8. The molecular weight excluding hydrogens is 316 g/mol. The number of Topliss-reactive ketones (excluding diaryl/α,β-unsaturated/α-hetero) is 1. The van der Waals surface area contributed by atoms with E-state index in [0.29, 0.717) is 11.3 Å². The summed E-state index contributed by atoms with van der Waals surface area (Å²) in [6.45, 7) is 3.07. The van der Waals surface area contributed by atoms with Crippen LogP contribution in [0, 0.1) is 0 Å². The summed E-state index contributed by atoms with van der Waals surface area (Å²) >= 11 is 0. The van der Waals surface area contributed by atoms with Crippen LogP contribution in [0.1, 0.15) is 36.5 Å². The molecule has 1 heterocycles. The van der Waals surface area contributed by atoms with E-state index in [1.54, 1.807) is 29.2 Å². The van der Waals surface area contributed by atoms with Crippen molar-refractivity contribution in [3.63, 3.8) is 0 Å². The Morgan fingerprint density at radius 3 is 2.17 bits per heavy atom. The number of carbonyl (C=O) groups excluding carboxylic acids is 2. The van der Waals surface area contributed by atoms with E-state index in [1.807, 2.05) is 0 Å². The van der Waals surface area contributed by atoms with E-state index in [0.717, 1.165) is 32.2 Å². The van der Waals surface area contributed by atoms with Gasteiger partial charge in [0.15, 0.2) is 5.78 Å². The van der Waals surface area contributed by atoms with Crippen molar-refractivity contribution in [3.8, 4) is 0 Å². The molecule has 7 heteroatoms. The summed E-state index contributed by atoms with van der Waals surface area (Å²) in [5.41, 5.74) is 0.988. The number of likely N-dealkylation sites (tertiary alicyclic amines) is 1. The second-order valence-corrected chi connectivity index (χ2v) is 7.68. The van der Waals surface area contributed by atoms with Crippen LogP contribution in [0.15, 0.2) is 24.3 Å². The number of nitrogens with zero attached hydrogens (tertiary/aromatic N) is 2. The van der Waals surface area contributed by atoms with Gasteiger partial charge in [0.1, 0.15) is 0 Å². The summed E-state index contributed by atoms with van der Waals surface area (Å²) in [6.07, 6.45) is 3.29. The Morgan fingerprint density at radius 1 is 1.13 bits per heavy atom. The van der Waals surface area contributed by atoms with Crippen LogP contribution in [0.4, 0.5) is 5.69 Å². The molecule has 1 saturated heterocycles. The van der Waals surface area contributed by atoms with E-state index in [9.17, 15) is 18.0 Å². The molecule has 0 saturated carbocycles. The quantitative estimate of drug-likeness (QED) is 0.740. The fraction of sp³-hybridized carbons (Fsp3) is 0.500. The van der Waals surface area contributed by atoms with Gasteiger partial charge in [-0.3, -0.25) is 13.9 Å². The summed E-state index contributed by atoms with van der Waals surface area (Å²) in [5.74, 6) is -0.0943. The predicted octanol–water partition coefficient (Wildman–Crippen LogP) is 1.67. The molecule has 1 aromatic rings. The van der Waals surface area contributed by atoms with E-state index in [2.05, 4.69) is 0 Å². The number of hydrogen-bond acceptors (Lipinski definition) is 4. The Bertz CT molecular complexity index is 677. The average molecular weight is 338 g/mol. The second-order valence-electron chi connectivity index (χ2n) is 5.78. The summed E-state index contributed by atoms with van der Waals surface area (Å²) in [4.78, 5) is 25.2. The van der Waals surface area contributed by atoms with Crippen LogP contribution in [0.2, 0.25) is 0 Å². The summed E-state index contributed by atoms with van der Waals surface area (Å²) in [6, 6.07) is 6.38. The van der Waals surface area contributed by atoms with Crippen LogP contribution in [-0.2, 0) is 14.8 Å². The minimum atomic E-state index is -3.49. The van der Waals surface area contributed by atoms with Gasteiger partial charge >= 0.3 is 0 Å². The van der Waals surface area contributed by atoms with Crippen molar-refractivity contribution in [2.45, 2.75) is 26.2 Å². The maximum absolute atomic E-state index is 12.1. The number of anilines is 1. The molecular formula is C16H22N2O4S. The third-order valence-corrected chi connectivity index (χ3v) is 5.14. The number of carbonyl (C=O) groups is 2. The third-order valence-electron chi connectivity index (χ3n) is 3.95. The zero-order valence-corrected chi connectivity index (χ0v) is 14.3. The largest absolute Gasteiger partial charge is 0.343 e. The molecule has 0 atom stereocenters. The van der Waals surface area contributed by atoms with Crippen molar-refractivity contribution >= 4 is 27.4 Å². The zero-order valence-electron chi connectivity index (χ0n) is 13.5. The summed E-state index contributed by atoms with van der Waals surface area (Å²) in [5, 5.41) is 0. The van der Waals surface area contributed by atoms with E-state index in [4.69, 9.17) is 0 Å². The van der Waals surface area contributed by atoms with Gasteiger partial charge in [0.05, 0.1) is 11.9 Å². The Hall–Kier alpha value is -1.89. The second kappa shape index (κ2) is 7.12. The highest BCUT2D eigenvalue weighted by Crippen LogP contribution is 2.19. The molecule has 6 nitrogen and oxygen atoms in total. The topological polar surface area (TPSA) is 74.8 Å². The monoisotopic (exact) mass is 338 g/mol. The lowest BCUT2D eigenvalue weighted by atomic mass is 10.1. The molecule has 1 amide bonds. The molecule has 0 unspecified atom stereocenters. The van der Waals surface area contributed by atoms with Crippen molar-refractivity contribution in [1.82, 2.24) is 4.90 Å². The molecule has 126 valence electrons. The van der Waals surface area contributed by atoms with Crippen LogP contribution in [0.5, 0.6) is 0 Å². The lowest BCUT2D eigenvalue weighted by Crippen LogP contribution is -2.35. The van der Waals surface area contributed by atoms with Crippen molar-refractivity contribution in [3.05, 3.63) is 29.8 Å². The van der Waals surface area contributed by atoms with Gasteiger partial charge in [-0.05, 0) is 44.0 Å². The normalized spacial score (nSPS) is 14.8. The summed E-state index contributed by atoms with van der Waals surface area (Å²) < 4.78 is 25.3. The first-order valence-corrected chi connectivity index (χ1v) is 9.50. The molecule has 0 N–H and O–H groups in total. The average Bonchev–Trinajstić information content (AvgIpc) is 3.00. The van der Waals surface area contributed by atoms with Crippen molar-refractivity contribution in [2.24, 2.45) is 0 Å². The molecule has 1 aliphatic rings. The molecule has 1 aromatic carbocycles. The van der Waals surface area contributed by atoms with Gasteiger partial charge in [-0.1, -0.05) is 0 Å². The fourth-order valence-electron chi connectivity index (χ4n) is 2.67. The SMILES string of the molecule is CC(=O)c1ccc(N(CCC(=O)N2CCCC2)S(C)(=O)=O)cc1. The number of amides is 1. The smallest absolute Gasteiger partial charge is 0.232 e. The molecule has 0 radical (unpaired) electrons. The first-order valence-electron chi connectivity index (χ1n) is 7.65. The van der Waals surface area contributed by atoms with E-state index in [-0.39, 0.29) is 24.7 Å². The molecule has 0 spiro atoms. The third kappa shape index (κ3) is 4.54. The molecule has 1 fully saturated rings. The first kappa shape index (κ1) is 17.5. The Kier molecular flexibility index (Phi) is 5.41. The number of rotatable bonds is 6. The van der Waals surface area contributed by atoms with Gasteiger partial charge < -0.3 is 4.90 Å². The van der Waals surface area contributed by atoms with E-state index >= 15 is 0 Å². The van der Waals surface area contributed by atoms with Gasteiger partial charge in [-0.15, -0.1) is 0 Å². The molecule has 0 bridgehead atoms. The fourth-order valence-corrected chi connectivity index (χ4v) is 3.60. The minimum absolute atomic E-state index is 0.0171. The number of sulfonamides is 1. The van der Waals surface area contributed by atoms with Crippen molar-refractivity contribution in [2.75, 3.05) is 30.2 Å². The van der Waals surface area contributed by atoms with Gasteiger partial charge in [0.2, 0.25) is 15.9 Å². The van der Waals surface area contributed by atoms with Crippen LogP contribution in [-0.4, -0.2) is 50.9 Å². The molecule has 0 aromatic heterocycles. The molecule has 2 rings (SSSR count). The molecule has 0 aliphatic carbocycles. The Morgan fingerprint density at radius 2 is 1.70 bits per heavy atom. The maximum Gasteiger partial charge on any atom is 0.232 e. The predicted molar refractivity (Wildman–Crippen MR) is 89.1 cm³/mol. The lowest BCUT2D eigenvalue weighted by molar-refractivity contribution is -0.129. The van der Waals surface area contributed by atoms with Gasteiger partial charge in [-0.25, -0.2) is 8.42 Å². The number of hydrogen-bond donors (Lipinski definition) is 0. The lowest BCUT2D eigenvalue weighted by Gasteiger charge is -2.23. The number of ketones is 1. The van der Waals surface area contributed by atoms with Crippen LogP contribution < -0.4 is 4.31 Å².